The summed E-state index contributed by atoms with van der Waals surface area (Å²) in [5.74, 6) is -4.24. The number of nitrogens with two attached hydrogens (primary N) is 2. The Labute approximate surface area is 170 Å². The molecule has 0 aliphatic carbocycles. The van der Waals surface area contributed by atoms with Gasteiger partial charge in [0.05, 0.1) is 12.5 Å². The Kier molecular flexibility index (Phi) is 10.9. The molecular weight excluding hydrogens is 382 g/mol. The fourth-order valence-electron chi connectivity index (χ4n) is 2.46. The SMILES string of the molecule is CC(C)CC(NC(=O)C(C)NC(=O)C(NC(=O)C(N)CC(N)=O)C(C)C)C(=O)O. The van der Waals surface area contributed by atoms with Crippen LogP contribution >= 0.6 is 0 Å². The summed E-state index contributed by atoms with van der Waals surface area (Å²) in [6, 6.07) is -4.32. The second-order valence-corrected chi connectivity index (χ2v) is 7.77. The fraction of sp³-hybridized carbons (Fsp3) is 0.722. The van der Waals surface area contributed by atoms with Crippen LogP contribution in [0.15, 0.2) is 0 Å². The first-order valence-corrected chi connectivity index (χ1v) is 9.44. The summed E-state index contributed by atoms with van der Waals surface area (Å²) in [7, 11) is 0. The highest BCUT2D eigenvalue weighted by Crippen LogP contribution is 2.06. The van der Waals surface area contributed by atoms with Gasteiger partial charge in [0.1, 0.15) is 18.1 Å². The Morgan fingerprint density at radius 3 is 1.83 bits per heavy atom. The molecule has 4 unspecified atom stereocenters. The van der Waals surface area contributed by atoms with E-state index in [0.717, 1.165) is 0 Å². The van der Waals surface area contributed by atoms with Gasteiger partial charge in [-0.25, -0.2) is 4.79 Å². The average molecular weight is 415 g/mol. The number of carbonyl (C=O) groups excluding carboxylic acids is 4. The van der Waals surface area contributed by atoms with Crippen LogP contribution in [0.2, 0.25) is 0 Å². The summed E-state index contributed by atoms with van der Waals surface area (Å²) in [5, 5.41) is 16.5. The summed E-state index contributed by atoms with van der Waals surface area (Å²) in [6.07, 6.45) is -0.131. The number of rotatable bonds is 12. The van der Waals surface area contributed by atoms with E-state index in [1.165, 1.54) is 6.92 Å². The van der Waals surface area contributed by atoms with E-state index >= 15 is 0 Å². The van der Waals surface area contributed by atoms with E-state index in [1.54, 1.807) is 13.8 Å². The second kappa shape index (κ2) is 12.0. The number of carboxylic acids is 1. The van der Waals surface area contributed by atoms with Crippen LogP contribution in [-0.4, -0.2) is 58.9 Å². The molecule has 0 heterocycles. The molecule has 0 spiro atoms. The highest BCUT2D eigenvalue weighted by molar-refractivity contribution is 5.94. The van der Waals surface area contributed by atoms with Gasteiger partial charge in [-0.1, -0.05) is 27.7 Å². The highest BCUT2D eigenvalue weighted by Gasteiger charge is 2.30. The molecule has 11 nitrogen and oxygen atoms in total. The Hall–Kier alpha value is -2.69. The largest absolute Gasteiger partial charge is 0.480 e. The summed E-state index contributed by atoms with van der Waals surface area (Å²) >= 11 is 0. The highest BCUT2D eigenvalue weighted by atomic mass is 16.4. The van der Waals surface area contributed by atoms with E-state index < -0.39 is 53.8 Å². The van der Waals surface area contributed by atoms with Crippen molar-refractivity contribution in [3.05, 3.63) is 0 Å². The molecule has 0 aromatic rings. The van der Waals surface area contributed by atoms with Gasteiger partial charge in [0.2, 0.25) is 23.6 Å². The predicted octanol–water partition coefficient (Wildman–Crippen LogP) is -1.55. The molecule has 0 aliphatic rings. The van der Waals surface area contributed by atoms with Gasteiger partial charge in [-0.05, 0) is 25.2 Å². The molecule has 0 fully saturated rings. The minimum atomic E-state index is -1.20. The van der Waals surface area contributed by atoms with Gasteiger partial charge in [-0.15, -0.1) is 0 Å². The van der Waals surface area contributed by atoms with Gasteiger partial charge in [-0.3, -0.25) is 19.2 Å². The minimum Gasteiger partial charge on any atom is -0.480 e. The maximum absolute atomic E-state index is 12.5. The van der Waals surface area contributed by atoms with Crippen molar-refractivity contribution in [2.24, 2.45) is 23.3 Å². The Morgan fingerprint density at radius 1 is 0.862 bits per heavy atom. The average Bonchev–Trinajstić information content (AvgIpc) is 2.56. The zero-order valence-corrected chi connectivity index (χ0v) is 17.5. The first kappa shape index (κ1) is 26.3. The molecule has 0 aromatic heterocycles. The van der Waals surface area contributed by atoms with Crippen LogP contribution in [0.5, 0.6) is 0 Å². The number of amides is 4. The molecule has 166 valence electrons. The number of carbonyl (C=O) groups is 5. The molecule has 0 saturated heterocycles. The quantitative estimate of drug-likeness (QED) is 0.222. The number of hydrogen-bond acceptors (Lipinski definition) is 6. The van der Waals surface area contributed by atoms with Gasteiger partial charge in [0.25, 0.3) is 0 Å². The minimum absolute atomic E-state index is 0.0476. The van der Waals surface area contributed by atoms with Crippen LogP contribution in [0.1, 0.15) is 47.5 Å². The lowest BCUT2D eigenvalue weighted by molar-refractivity contribution is -0.142. The first-order chi connectivity index (χ1) is 13.3. The van der Waals surface area contributed by atoms with Gasteiger partial charge >= 0.3 is 5.97 Å². The topological polar surface area (TPSA) is 194 Å². The molecule has 4 atom stereocenters. The number of primary amides is 1. The van der Waals surface area contributed by atoms with Crippen molar-refractivity contribution >= 4 is 29.6 Å². The lowest BCUT2D eigenvalue weighted by Crippen LogP contribution is -2.58. The van der Waals surface area contributed by atoms with E-state index in [4.69, 9.17) is 11.5 Å². The van der Waals surface area contributed by atoms with Crippen LogP contribution in [-0.2, 0) is 24.0 Å². The van der Waals surface area contributed by atoms with Crippen molar-refractivity contribution in [2.75, 3.05) is 0 Å². The number of aliphatic carboxylic acids is 1. The smallest absolute Gasteiger partial charge is 0.326 e. The standard InChI is InChI=1S/C18H33N5O6/c1-8(2)6-12(18(28)29)22-15(25)10(5)21-17(27)14(9(3)4)23-16(26)11(19)7-13(20)24/h8-12,14H,6-7,19H2,1-5H3,(H2,20,24)(H,21,27)(H,22,25)(H,23,26)(H,28,29). The predicted molar refractivity (Wildman–Crippen MR) is 105 cm³/mol. The van der Waals surface area contributed by atoms with Crippen LogP contribution in [0, 0.1) is 11.8 Å². The van der Waals surface area contributed by atoms with Crippen molar-refractivity contribution in [1.29, 1.82) is 0 Å². The van der Waals surface area contributed by atoms with E-state index in [2.05, 4.69) is 16.0 Å². The maximum Gasteiger partial charge on any atom is 0.326 e. The zero-order valence-electron chi connectivity index (χ0n) is 17.5. The fourth-order valence-corrected chi connectivity index (χ4v) is 2.46. The van der Waals surface area contributed by atoms with Crippen molar-refractivity contribution in [3.63, 3.8) is 0 Å². The van der Waals surface area contributed by atoms with Crippen molar-refractivity contribution in [3.8, 4) is 0 Å². The van der Waals surface area contributed by atoms with Crippen LogP contribution in [0.4, 0.5) is 0 Å². The monoisotopic (exact) mass is 415 g/mol. The molecular formula is C18H33N5O6. The first-order valence-electron chi connectivity index (χ1n) is 9.44. The summed E-state index contributed by atoms with van der Waals surface area (Å²) in [5.41, 5.74) is 10.6. The summed E-state index contributed by atoms with van der Waals surface area (Å²) in [4.78, 5) is 59.0. The van der Waals surface area contributed by atoms with Gasteiger partial charge < -0.3 is 32.5 Å². The zero-order chi connectivity index (χ0) is 22.9. The number of carboxylic acid groups (broad SMARTS) is 1. The van der Waals surface area contributed by atoms with Crippen molar-refractivity contribution < 1.29 is 29.1 Å². The van der Waals surface area contributed by atoms with Gasteiger partial charge in [0.15, 0.2) is 0 Å². The maximum atomic E-state index is 12.5. The molecule has 0 aromatic carbocycles. The Balaban J connectivity index is 4.99. The molecule has 0 rings (SSSR count). The molecule has 11 heteroatoms. The second-order valence-electron chi connectivity index (χ2n) is 7.77. The summed E-state index contributed by atoms with van der Waals surface area (Å²) in [6.45, 7) is 8.41. The number of nitrogens with one attached hydrogen (secondary N) is 3. The van der Waals surface area contributed by atoms with E-state index in [-0.39, 0.29) is 24.7 Å². The molecule has 0 bridgehead atoms. The molecule has 29 heavy (non-hydrogen) atoms. The Bertz CT molecular complexity index is 622. The van der Waals surface area contributed by atoms with Crippen LogP contribution in [0.3, 0.4) is 0 Å². The van der Waals surface area contributed by atoms with Crippen molar-refractivity contribution in [1.82, 2.24) is 16.0 Å². The molecule has 4 amide bonds. The normalized spacial score (nSPS) is 15.2. The van der Waals surface area contributed by atoms with Crippen LogP contribution < -0.4 is 27.4 Å². The van der Waals surface area contributed by atoms with Crippen molar-refractivity contribution in [2.45, 2.75) is 71.6 Å². The van der Waals surface area contributed by atoms with E-state index in [0.29, 0.717) is 0 Å². The molecule has 8 N–H and O–H groups in total. The molecule has 0 saturated carbocycles. The number of hydrogen-bond donors (Lipinski definition) is 6. The third kappa shape index (κ3) is 9.88. The summed E-state index contributed by atoms with van der Waals surface area (Å²) < 4.78 is 0. The molecule has 0 radical (unpaired) electrons. The molecule has 0 aliphatic heterocycles. The van der Waals surface area contributed by atoms with E-state index in [1.807, 2.05) is 13.8 Å². The third-order valence-electron chi connectivity index (χ3n) is 4.08. The van der Waals surface area contributed by atoms with E-state index in [9.17, 15) is 29.1 Å². The lowest BCUT2D eigenvalue weighted by Gasteiger charge is -2.25. The van der Waals surface area contributed by atoms with Gasteiger partial charge in [0, 0.05) is 0 Å². The van der Waals surface area contributed by atoms with Gasteiger partial charge in [-0.2, -0.15) is 0 Å². The van der Waals surface area contributed by atoms with Crippen LogP contribution in [0.25, 0.3) is 0 Å². The third-order valence-corrected chi connectivity index (χ3v) is 4.08. The lowest BCUT2D eigenvalue weighted by atomic mass is 10.0. The Morgan fingerprint density at radius 2 is 1.41 bits per heavy atom.